The first-order valence-electron chi connectivity index (χ1n) is 9.09. The predicted octanol–water partition coefficient (Wildman–Crippen LogP) is 5.28. The standard InChI is InChI=1S/C22H26N4O2/c1-22(2,3)15-6-8-16(9-7-15)24-20-12-13-23-21(26-20)25-18-14-17(27-4)10-11-19(18)28-5/h6-14H,1-5H3,(H2,23,24,25,26). The van der Waals surface area contributed by atoms with Crippen LogP contribution in [0.3, 0.4) is 0 Å². The number of methoxy groups -OCH3 is 2. The molecule has 6 nitrogen and oxygen atoms in total. The SMILES string of the molecule is COc1ccc(OC)c(Nc2nccc(Nc3ccc(C(C)(C)C)cc3)n2)c1. The van der Waals surface area contributed by atoms with Crippen LogP contribution in [-0.4, -0.2) is 24.2 Å². The Bertz CT molecular complexity index is 934. The van der Waals surface area contributed by atoms with E-state index >= 15 is 0 Å². The van der Waals surface area contributed by atoms with Gasteiger partial charge in [-0.25, -0.2) is 4.98 Å². The maximum atomic E-state index is 5.39. The van der Waals surface area contributed by atoms with Crippen LogP contribution in [0, 0.1) is 0 Å². The Balaban J connectivity index is 1.78. The minimum absolute atomic E-state index is 0.125. The second-order valence-electron chi connectivity index (χ2n) is 7.41. The topological polar surface area (TPSA) is 68.3 Å². The van der Waals surface area contributed by atoms with Crippen molar-refractivity contribution in [3.63, 3.8) is 0 Å². The van der Waals surface area contributed by atoms with Crippen LogP contribution in [0.25, 0.3) is 0 Å². The highest BCUT2D eigenvalue weighted by molar-refractivity contribution is 5.66. The summed E-state index contributed by atoms with van der Waals surface area (Å²) in [7, 11) is 3.24. The Morgan fingerprint density at radius 2 is 1.61 bits per heavy atom. The molecule has 2 aromatic carbocycles. The van der Waals surface area contributed by atoms with Gasteiger partial charge < -0.3 is 20.1 Å². The lowest BCUT2D eigenvalue weighted by molar-refractivity contribution is 0.405. The Labute approximate surface area is 166 Å². The molecule has 2 N–H and O–H groups in total. The van der Waals surface area contributed by atoms with Gasteiger partial charge in [-0.15, -0.1) is 0 Å². The van der Waals surface area contributed by atoms with Crippen molar-refractivity contribution in [2.45, 2.75) is 26.2 Å². The smallest absolute Gasteiger partial charge is 0.229 e. The molecular formula is C22H26N4O2. The number of ether oxygens (including phenoxy) is 2. The van der Waals surface area contributed by atoms with Gasteiger partial charge in [0.25, 0.3) is 0 Å². The normalized spacial score (nSPS) is 11.0. The van der Waals surface area contributed by atoms with Crippen LogP contribution < -0.4 is 20.1 Å². The van der Waals surface area contributed by atoms with E-state index in [0.29, 0.717) is 17.5 Å². The summed E-state index contributed by atoms with van der Waals surface area (Å²) in [5.41, 5.74) is 3.11. The van der Waals surface area contributed by atoms with Crippen LogP contribution >= 0.6 is 0 Å². The molecule has 0 saturated carbocycles. The second kappa shape index (κ2) is 8.17. The quantitative estimate of drug-likeness (QED) is 0.608. The first-order chi connectivity index (χ1) is 13.4. The summed E-state index contributed by atoms with van der Waals surface area (Å²) in [6, 6.07) is 15.7. The molecule has 146 valence electrons. The van der Waals surface area contributed by atoms with Crippen molar-refractivity contribution in [3.8, 4) is 11.5 Å². The van der Waals surface area contributed by atoms with E-state index in [0.717, 1.165) is 17.1 Å². The van der Waals surface area contributed by atoms with E-state index in [2.05, 4.69) is 65.6 Å². The van der Waals surface area contributed by atoms with E-state index in [1.54, 1.807) is 20.4 Å². The molecule has 0 aliphatic rings. The summed E-state index contributed by atoms with van der Waals surface area (Å²) in [6.07, 6.45) is 1.70. The average Bonchev–Trinajstić information content (AvgIpc) is 2.68. The van der Waals surface area contributed by atoms with Gasteiger partial charge in [-0.1, -0.05) is 32.9 Å². The van der Waals surface area contributed by atoms with E-state index in [1.807, 2.05) is 24.3 Å². The van der Waals surface area contributed by atoms with E-state index in [-0.39, 0.29) is 5.41 Å². The van der Waals surface area contributed by atoms with Gasteiger partial charge >= 0.3 is 0 Å². The Morgan fingerprint density at radius 1 is 0.857 bits per heavy atom. The van der Waals surface area contributed by atoms with Gasteiger partial charge in [0, 0.05) is 18.0 Å². The molecule has 0 spiro atoms. The van der Waals surface area contributed by atoms with Gasteiger partial charge in [-0.05, 0) is 41.3 Å². The highest BCUT2D eigenvalue weighted by Gasteiger charge is 2.13. The molecule has 0 aliphatic carbocycles. The summed E-state index contributed by atoms with van der Waals surface area (Å²) in [5.74, 6) is 2.56. The molecule has 1 heterocycles. The van der Waals surface area contributed by atoms with Gasteiger partial charge in [-0.3, -0.25) is 0 Å². The summed E-state index contributed by atoms with van der Waals surface area (Å²) < 4.78 is 10.7. The number of nitrogens with zero attached hydrogens (tertiary/aromatic N) is 2. The van der Waals surface area contributed by atoms with Crippen LogP contribution in [0.2, 0.25) is 0 Å². The van der Waals surface area contributed by atoms with Crippen molar-refractivity contribution in [2.24, 2.45) is 0 Å². The van der Waals surface area contributed by atoms with Crippen molar-refractivity contribution in [1.29, 1.82) is 0 Å². The van der Waals surface area contributed by atoms with Crippen molar-refractivity contribution in [2.75, 3.05) is 24.9 Å². The highest BCUT2D eigenvalue weighted by atomic mass is 16.5. The zero-order valence-electron chi connectivity index (χ0n) is 16.9. The largest absolute Gasteiger partial charge is 0.497 e. The van der Waals surface area contributed by atoms with Gasteiger partial charge in [0.05, 0.1) is 19.9 Å². The van der Waals surface area contributed by atoms with Crippen LogP contribution in [0.5, 0.6) is 11.5 Å². The van der Waals surface area contributed by atoms with Crippen LogP contribution in [-0.2, 0) is 5.41 Å². The lowest BCUT2D eigenvalue weighted by Gasteiger charge is -2.19. The molecule has 6 heteroatoms. The van der Waals surface area contributed by atoms with Crippen LogP contribution in [0.1, 0.15) is 26.3 Å². The van der Waals surface area contributed by atoms with Crippen LogP contribution in [0.15, 0.2) is 54.7 Å². The zero-order valence-corrected chi connectivity index (χ0v) is 16.9. The molecule has 0 amide bonds. The molecule has 0 fully saturated rings. The van der Waals surface area contributed by atoms with Crippen LogP contribution in [0.4, 0.5) is 23.1 Å². The fourth-order valence-corrected chi connectivity index (χ4v) is 2.72. The van der Waals surface area contributed by atoms with E-state index in [9.17, 15) is 0 Å². The zero-order chi connectivity index (χ0) is 20.1. The Hall–Kier alpha value is -3.28. The molecule has 3 aromatic rings. The number of anilines is 4. The van der Waals surface area contributed by atoms with E-state index in [4.69, 9.17) is 9.47 Å². The maximum Gasteiger partial charge on any atom is 0.229 e. The second-order valence-corrected chi connectivity index (χ2v) is 7.41. The average molecular weight is 378 g/mol. The third-order valence-corrected chi connectivity index (χ3v) is 4.33. The Morgan fingerprint density at radius 3 is 2.25 bits per heavy atom. The van der Waals surface area contributed by atoms with Gasteiger partial charge in [0.1, 0.15) is 17.3 Å². The van der Waals surface area contributed by atoms with E-state index < -0.39 is 0 Å². The number of nitrogens with one attached hydrogen (secondary N) is 2. The fraction of sp³-hybridized carbons (Fsp3) is 0.273. The predicted molar refractivity (Wildman–Crippen MR) is 113 cm³/mol. The number of hydrogen-bond donors (Lipinski definition) is 2. The number of aromatic nitrogens is 2. The molecular weight excluding hydrogens is 352 g/mol. The maximum absolute atomic E-state index is 5.39. The molecule has 0 atom stereocenters. The first-order valence-corrected chi connectivity index (χ1v) is 9.09. The fourth-order valence-electron chi connectivity index (χ4n) is 2.72. The molecule has 28 heavy (non-hydrogen) atoms. The first kappa shape index (κ1) is 19.5. The minimum atomic E-state index is 0.125. The highest BCUT2D eigenvalue weighted by Crippen LogP contribution is 2.31. The van der Waals surface area contributed by atoms with Crippen molar-refractivity contribution in [3.05, 3.63) is 60.3 Å². The van der Waals surface area contributed by atoms with Gasteiger partial charge in [0.2, 0.25) is 5.95 Å². The summed E-state index contributed by atoms with van der Waals surface area (Å²) in [5, 5.41) is 6.50. The van der Waals surface area contributed by atoms with Crippen molar-refractivity contribution in [1.82, 2.24) is 9.97 Å². The Kier molecular flexibility index (Phi) is 5.68. The molecule has 0 bridgehead atoms. The lowest BCUT2D eigenvalue weighted by atomic mass is 9.87. The van der Waals surface area contributed by atoms with Crippen molar-refractivity contribution >= 4 is 23.1 Å². The summed E-state index contributed by atoms with van der Waals surface area (Å²) >= 11 is 0. The number of benzene rings is 2. The van der Waals surface area contributed by atoms with E-state index in [1.165, 1.54) is 5.56 Å². The molecule has 0 saturated heterocycles. The minimum Gasteiger partial charge on any atom is -0.497 e. The third kappa shape index (κ3) is 4.71. The number of rotatable bonds is 6. The molecule has 0 unspecified atom stereocenters. The van der Waals surface area contributed by atoms with Gasteiger partial charge in [-0.2, -0.15) is 4.98 Å². The van der Waals surface area contributed by atoms with Crippen molar-refractivity contribution < 1.29 is 9.47 Å². The lowest BCUT2D eigenvalue weighted by Crippen LogP contribution is -2.10. The number of hydrogen-bond acceptors (Lipinski definition) is 6. The summed E-state index contributed by atoms with van der Waals surface area (Å²) in [6.45, 7) is 6.60. The molecule has 0 aliphatic heterocycles. The molecule has 0 radical (unpaired) electrons. The summed E-state index contributed by atoms with van der Waals surface area (Å²) in [4.78, 5) is 8.83. The monoisotopic (exact) mass is 378 g/mol. The van der Waals surface area contributed by atoms with Gasteiger partial charge in [0.15, 0.2) is 0 Å². The third-order valence-electron chi connectivity index (χ3n) is 4.33. The molecule has 1 aromatic heterocycles. The molecule has 3 rings (SSSR count).